The molecule has 1 aromatic carbocycles. The van der Waals surface area contributed by atoms with Gasteiger partial charge in [0.1, 0.15) is 0 Å². The summed E-state index contributed by atoms with van der Waals surface area (Å²) < 4.78 is 37.5. The van der Waals surface area contributed by atoms with Crippen LogP contribution in [0.2, 0.25) is 0 Å². The highest BCUT2D eigenvalue weighted by Gasteiger charge is 2.16. The first-order valence-electron chi connectivity index (χ1n) is 5.85. The second kappa shape index (κ2) is 6.96. The molecule has 112 valence electrons. The van der Waals surface area contributed by atoms with E-state index in [0.717, 1.165) is 0 Å². The van der Waals surface area contributed by atoms with E-state index in [1.807, 2.05) is 0 Å². The third kappa shape index (κ3) is 5.03. The molecule has 0 amide bonds. The molecule has 2 N–H and O–H groups in total. The Labute approximate surface area is 120 Å². The number of carbonyl (C=O) groups is 1. The highest BCUT2D eigenvalue weighted by Crippen LogP contribution is 2.11. The first-order chi connectivity index (χ1) is 9.22. The molecule has 0 radical (unpaired) electrons. The molecule has 6 nitrogen and oxygen atoms in total. The number of benzene rings is 1. The minimum Gasteiger partial charge on any atom is -0.481 e. The van der Waals surface area contributed by atoms with Crippen molar-refractivity contribution in [3.8, 4) is 0 Å². The number of hydrogen-bond acceptors (Lipinski definition) is 4. The van der Waals surface area contributed by atoms with E-state index in [1.165, 1.54) is 30.5 Å². The molecule has 0 saturated carbocycles. The molecule has 1 rings (SSSR count). The summed E-state index contributed by atoms with van der Waals surface area (Å²) in [5.41, 5.74) is 0.527. The average molecular weight is 319 g/mol. The lowest BCUT2D eigenvalue weighted by molar-refractivity contribution is -0.136. The molecule has 0 aliphatic heterocycles. The predicted octanol–water partition coefficient (Wildman–Crippen LogP) is 0.359. The van der Waals surface area contributed by atoms with Gasteiger partial charge < -0.3 is 5.11 Å². The van der Waals surface area contributed by atoms with Crippen molar-refractivity contribution < 1.29 is 22.5 Å². The van der Waals surface area contributed by atoms with Crippen LogP contribution in [0.4, 0.5) is 0 Å². The van der Waals surface area contributed by atoms with Gasteiger partial charge in [-0.05, 0) is 24.6 Å². The minimum atomic E-state index is -3.67. The summed E-state index contributed by atoms with van der Waals surface area (Å²) in [6.07, 6.45) is 1.36. The van der Waals surface area contributed by atoms with Crippen LogP contribution in [0.1, 0.15) is 12.5 Å². The van der Waals surface area contributed by atoms with E-state index < -0.39 is 26.8 Å². The summed E-state index contributed by atoms with van der Waals surface area (Å²) in [7, 11) is -4.77. The SMILES string of the molecule is CC(CNS(=O)(=O)c1ccc(CC(=O)O)cc1)S(C)=O. The van der Waals surface area contributed by atoms with Crippen LogP contribution in [0, 0.1) is 0 Å². The highest BCUT2D eigenvalue weighted by atomic mass is 32.2. The summed E-state index contributed by atoms with van der Waals surface area (Å²) in [4.78, 5) is 10.6. The summed E-state index contributed by atoms with van der Waals surface area (Å²) >= 11 is 0. The molecule has 0 saturated heterocycles. The van der Waals surface area contributed by atoms with Gasteiger partial charge in [-0.25, -0.2) is 13.1 Å². The summed E-state index contributed by atoms with van der Waals surface area (Å²) in [6, 6.07) is 5.64. The monoisotopic (exact) mass is 319 g/mol. The van der Waals surface area contributed by atoms with E-state index in [-0.39, 0.29) is 23.1 Å². The number of hydrogen-bond donors (Lipinski definition) is 2. The van der Waals surface area contributed by atoms with Crippen molar-refractivity contribution in [2.45, 2.75) is 23.5 Å². The predicted molar refractivity (Wildman–Crippen MR) is 76.5 cm³/mol. The number of rotatable bonds is 7. The van der Waals surface area contributed by atoms with E-state index in [0.29, 0.717) is 5.56 Å². The standard InChI is InChI=1S/C12H17NO5S2/c1-9(19(2)16)8-13-20(17,18)11-5-3-10(4-6-11)7-12(14)15/h3-6,9,13H,7-8H2,1-2H3,(H,14,15). The van der Waals surface area contributed by atoms with E-state index >= 15 is 0 Å². The Balaban J connectivity index is 2.77. The molecule has 1 aromatic rings. The highest BCUT2D eigenvalue weighted by molar-refractivity contribution is 7.89. The molecule has 20 heavy (non-hydrogen) atoms. The first kappa shape index (κ1) is 16.8. The Morgan fingerprint density at radius 2 is 1.90 bits per heavy atom. The molecule has 0 aliphatic rings. The molecule has 2 unspecified atom stereocenters. The largest absolute Gasteiger partial charge is 0.481 e. The molecule has 0 fully saturated rings. The maximum Gasteiger partial charge on any atom is 0.307 e. The Morgan fingerprint density at radius 1 is 1.35 bits per heavy atom. The number of aliphatic carboxylic acids is 1. The van der Waals surface area contributed by atoms with E-state index in [1.54, 1.807) is 6.92 Å². The zero-order valence-corrected chi connectivity index (χ0v) is 12.8. The van der Waals surface area contributed by atoms with Crippen LogP contribution in [0.15, 0.2) is 29.2 Å². The zero-order valence-electron chi connectivity index (χ0n) is 11.2. The van der Waals surface area contributed by atoms with Crippen molar-refractivity contribution >= 4 is 26.8 Å². The van der Waals surface area contributed by atoms with Crippen LogP contribution in [-0.2, 0) is 32.0 Å². The lowest BCUT2D eigenvalue weighted by atomic mass is 10.2. The van der Waals surface area contributed by atoms with Crippen LogP contribution < -0.4 is 4.72 Å². The smallest absolute Gasteiger partial charge is 0.307 e. The number of sulfonamides is 1. The van der Waals surface area contributed by atoms with Crippen LogP contribution >= 0.6 is 0 Å². The minimum absolute atomic E-state index is 0.0562. The van der Waals surface area contributed by atoms with E-state index in [4.69, 9.17) is 5.11 Å². The maximum atomic E-state index is 12.0. The van der Waals surface area contributed by atoms with Crippen molar-refractivity contribution in [1.29, 1.82) is 0 Å². The third-order valence-electron chi connectivity index (χ3n) is 2.72. The van der Waals surface area contributed by atoms with Gasteiger partial charge in [0, 0.05) is 28.9 Å². The van der Waals surface area contributed by atoms with Crippen LogP contribution in [0.25, 0.3) is 0 Å². The molecule has 0 bridgehead atoms. The molecular weight excluding hydrogens is 302 g/mol. The molecular formula is C12H17NO5S2. The maximum absolute atomic E-state index is 12.0. The summed E-state index contributed by atoms with van der Waals surface area (Å²) in [6.45, 7) is 1.77. The quantitative estimate of drug-likeness (QED) is 0.756. The Morgan fingerprint density at radius 3 is 2.35 bits per heavy atom. The topological polar surface area (TPSA) is 101 Å². The molecule has 2 atom stereocenters. The normalized spacial score (nSPS) is 14.7. The van der Waals surface area contributed by atoms with Gasteiger partial charge in [-0.1, -0.05) is 12.1 Å². The van der Waals surface area contributed by atoms with Gasteiger partial charge in [0.2, 0.25) is 10.0 Å². The third-order valence-corrected chi connectivity index (χ3v) is 5.46. The number of carboxylic acid groups (broad SMARTS) is 1. The second-order valence-electron chi connectivity index (χ2n) is 4.38. The fourth-order valence-electron chi connectivity index (χ4n) is 1.39. The fraction of sp³-hybridized carbons (Fsp3) is 0.417. The summed E-state index contributed by atoms with van der Waals surface area (Å²) in [5.74, 6) is -0.974. The van der Waals surface area contributed by atoms with Gasteiger partial charge in [-0.15, -0.1) is 0 Å². The Hall–Kier alpha value is -1.25. The van der Waals surface area contributed by atoms with Gasteiger partial charge in [-0.2, -0.15) is 0 Å². The molecule has 0 aromatic heterocycles. The van der Waals surface area contributed by atoms with E-state index in [2.05, 4.69) is 4.72 Å². The average Bonchev–Trinajstić information content (AvgIpc) is 2.35. The van der Waals surface area contributed by atoms with Crippen molar-refractivity contribution in [1.82, 2.24) is 4.72 Å². The van der Waals surface area contributed by atoms with Gasteiger partial charge >= 0.3 is 5.97 Å². The lowest BCUT2D eigenvalue weighted by Gasteiger charge is -2.11. The van der Waals surface area contributed by atoms with Crippen molar-refractivity contribution in [3.05, 3.63) is 29.8 Å². The van der Waals surface area contributed by atoms with Crippen molar-refractivity contribution in [2.24, 2.45) is 0 Å². The zero-order chi connectivity index (χ0) is 15.3. The summed E-state index contributed by atoms with van der Waals surface area (Å²) in [5, 5.41) is 8.35. The van der Waals surface area contributed by atoms with E-state index in [9.17, 15) is 17.4 Å². The fourth-order valence-corrected chi connectivity index (χ4v) is 2.94. The van der Waals surface area contributed by atoms with Gasteiger partial charge in [0.25, 0.3) is 0 Å². The lowest BCUT2D eigenvalue weighted by Crippen LogP contribution is -2.32. The first-order valence-corrected chi connectivity index (χ1v) is 8.95. The number of carboxylic acids is 1. The molecule has 0 spiro atoms. The van der Waals surface area contributed by atoms with Crippen LogP contribution in [0.5, 0.6) is 0 Å². The Bertz CT molecular complexity index is 595. The second-order valence-corrected chi connectivity index (χ2v) is 7.94. The molecule has 8 heteroatoms. The van der Waals surface area contributed by atoms with Crippen LogP contribution in [0.3, 0.4) is 0 Å². The number of nitrogens with one attached hydrogen (secondary N) is 1. The van der Waals surface area contributed by atoms with Gasteiger partial charge in [-0.3, -0.25) is 9.00 Å². The van der Waals surface area contributed by atoms with Crippen molar-refractivity contribution in [3.63, 3.8) is 0 Å². The molecule has 0 aliphatic carbocycles. The Kier molecular flexibility index (Phi) is 5.85. The van der Waals surface area contributed by atoms with Gasteiger partial charge in [0.05, 0.1) is 11.3 Å². The molecule has 0 heterocycles. The van der Waals surface area contributed by atoms with Gasteiger partial charge in [0.15, 0.2) is 0 Å². The van der Waals surface area contributed by atoms with Crippen molar-refractivity contribution in [2.75, 3.05) is 12.8 Å². The van der Waals surface area contributed by atoms with Crippen LogP contribution in [-0.4, -0.2) is 41.8 Å².